The Morgan fingerprint density at radius 3 is 2.93 bits per heavy atom. The number of nitrogens with one attached hydrogen (secondary N) is 2. The van der Waals surface area contributed by atoms with E-state index in [4.69, 9.17) is 5.11 Å². The molecule has 0 aromatic carbocycles. The van der Waals surface area contributed by atoms with Crippen molar-refractivity contribution >= 4 is 5.91 Å². The van der Waals surface area contributed by atoms with Gasteiger partial charge in [-0.2, -0.15) is 0 Å². The molecule has 0 unspecified atom stereocenters. The Kier molecular flexibility index (Phi) is 2.32. The topological polar surface area (TPSA) is 74.2 Å². The quantitative estimate of drug-likeness (QED) is 0.591. The lowest BCUT2D eigenvalue weighted by molar-refractivity contribution is 0.0923. The lowest BCUT2D eigenvalue weighted by atomic mass is 10.1. The third-order valence-electron chi connectivity index (χ3n) is 2.10. The van der Waals surface area contributed by atoms with Crippen molar-refractivity contribution in [2.45, 2.75) is 6.04 Å². The first-order chi connectivity index (χ1) is 6.75. The van der Waals surface area contributed by atoms with E-state index in [2.05, 4.69) is 15.6 Å². The van der Waals surface area contributed by atoms with Crippen LogP contribution in [-0.4, -0.2) is 35.1 Å². The summed E-state index contributed by atoms with van der Waals surface area (Å²) in [5.41, 5.74) is 0.386. The Bertz CT molecular complexity index is 350. The largest absolute Gasteiger partial charge is 0.506 e. The molecule has 0 aliphatic carbocycles. The maximum absolute atomic E-state index is 11.5. The molecule has 0 radical (unpaired) electrons. The molecule has 1 saturated heterocycles. The summed E-state index contributed by atoms with van der Waals surface area (Å²) in [4.78, 5) is 15.2. The van der Waals surface area contributed by atoms with Gasteiger partial charge in [0.1, 0.15) is 5.75 Å². The van der Waals surface area contributed by atoms with Gasteiger partial charge >= 0.3 is 0 Å². The lowest BCUT2D eigenvalue weighted by Gasteiger charge is -2.27. The second-order valence-electron chi connectivity index (χ2n) is 3.26. The summed E-state index contributed by atoms with van der Waals surface area (Å²) in [5, 5.41) is 15.0. The summed E-state index contributed by atoms with van der Waals surface area (Å²) < 4.78 is 0. The number of carbonyl (C=O) groups is 1. The molecule has 1 fully saturated rings. The van der Waals surface area contributed by atoms with E-state index in [0.717, 1.165) is 13.1 Å². The number of aromatic nitrogens is 1. The molecule has 2 heterocycles. The molecule has 1 aromatic heterocycles. The van der Waals surface area contributed by atoms with Crippen LogP contribution < -0.4 is 10.6 Å². The molecule has 0 atom stereocenters. The Balaban J connectivity index is 2.02. The van der Waals surface area contributed by atoms with E-state index in [1.54, 1.807) is 0 Å². The molecule has 5 heteroatoms. The van der Waals surface area contributed by atoms with Crippen LogP contribution in [0.25, 0.3) is 0 Å². The van der Waals surface area contributed by atoms with E-state index in [1.165, 1.54) is 18.5 Å². The second-order valence-corrected chi connectivity index (χ2v) is 3.26. The van der Waals surface area contributed by atoms with Gasteiger partial charge in [0.15, 0.2) is 0 Å². The normalized spacial score (nSPS) is 16.0. The van der Waals surface area contributed by atoms with Crippen LogP contribution in [0.3, 0.4) is 0 Å². The smallest absolute Gasteiger partial charge is 0.253 e. The number of hydrogen-bond donors (Lipinski definition) is 3. The van der Waals surface area contributed by atoms with E-state index in [-0.39, 0.29) is 17.7 Å². The maximum atomic E-state index is 11.5. The molecule has 0 spiro atoms. The first-order valence-corrected chi connectivity index (χ1v) is 4.41. The van der Waals surface area contributed by atoms with E-state index < -0.39 is 0 Å². The van der Waals surface area contributed by atoms with E-state index in [9.17, 15) is 4.79 Å². The Morgan fingerprint density at radius 2 is 2.36 bits per heavy atom. The van der Waals surface area contributed by atoms with Crippen molar-refractivity contribution in [2.75, 3.05) is 13.1 Å². The van der Waals surface area contributed by atoms with Crippen LogP contribution in [0.4, 0.5) is 0 Å². The Labute approximate surface area is 81.2 Å². The molecule has 3 N–H and O–H groups in total. The zero-order valence-corrected chi connectivity index (χ0v) is 7.53. The average molecular weight is 193 g/mol. The van der Waals surface area contributed by atoms with Crippen molar-refractivity contribution in [3.8, 4) is 5.75 Å². The van der Waals surface area contributed by atoms with Gasteiger partial charge in [-0.1, -0.05) is 0 Å². The Hall–Kier alpha value is -1.62. The average Bonchev–Trinajstić information content (AvgIpc) is 2.11. The van der Waals surface area contributed by atoms with E-state index in [1.807, 2.05) is 0 Å². The van der Waals surface area contributed by atoms with Crippen molar-refractivity contribution in [1.29, 1.82) is 0 Å². The van der Waals surface area contributed by atoms with Gasteiger partial charge in [-0.25, -0.2) is 0 Å². The first-order valence-electron chi connectivity index (χ1n) is 4.41. The highest BCUT2D eigenvalue weighted by Crippen LogP contribution is 2.08. The van der Waals surface area contributed by atoms with Crippen LogP contribution in [0.15, 0.2) is 18.5 Å². The second kappa shape index (κ2) is 3.63. The van der Waals surface area contributed by atoms with Gasteiger partial charge in [-0.3, -0.25) is 9.78 Å². The fourth-order valence-corrected chi connectivity index (χ4v) is 1.21. The van der Waals surface area contributed by atoms with E-state index in [0.29, 0.717) is 5.56 Å². The molecule has 14 heavy (non-hydrogen) atoms. The third kappa shape index (κ3) is 1.82. The van der Waals surface area contributed by atoms with Gasteiger partial charge in [-0.15, -0.1) is 0 Å². The van der Waals surface area contributed by atoms with Gasteiger partial charge < -0.3 is 15.7 Å². The minimum atomic E-state index is -0.195. The summed E-state index contributed by atoms with van der Waals surface area (Å²) in [6.07, 6.45) is 2.73. The predicted molar refractivity (Wildman–Crippen MR) is 50.0 cm³/mol. The van der Waals surface area contributed by atoms with E-state index >= 15 is 0 Å². The van der Waals surface area contributed by atoms with Gasteiger partial charge in [0.2, 0.25) is 0 Å². The molecule has 1 aromatic rings. The summed E-state index contributed by atoms with van der Waals surface area (Å²) in [6, 6.07) is 1.60. The highest BCUT2D eigenvalue weighted by Gasteiger charge is 2.19. The summed E-state index contributed by atoms with van der Waals surface area (Å²) in [6.45, 7) is 1.61. The molecular weight excluding hydrogens is 182 g/mol. The number of amides is 1. The highest BCUT2D eigenvalue weighted by molar-refractivity contribution is 5.94. The number of carbonyl (C=O) groups excluding carboxylic acids is 1. The fourth-order valence-electron chi connectivity index (χ4n) is 1.21. The standard InChI is InChI=1S/C9H11N3O2/c13-8-1-6(2-10-5-8)9(14)12-7-3-11-4-7/h1-2,5,7,11,13H,3-4H2,(H,12,14). The highest BCUT2D eigenvalue weighted by atomic mass is 16.3. The van der Waals surface area contributed by atoms with Gasteiger partial charge in [0.25, 0.3) is 5.91 Å². The third-order valence-corrected chi connectivity index (χ3v) is 2.10. The van der Waals surface area contributed by atoms with Crippen LogP contribution in [0.1, 0.15) is 10.4 Å². The zero-order chi connectivity index (χ0) is 9.97. The van der Waals surface area contributed by atoms with Crippen LogP contribution in [-0.2, 0) is 0 Å². The molecule has 74 valence electrons. The monoisotopic (exact) mass is 193 g/mol. The zero-order valence-electron chi connectivity index (χ0n) is 7.53. The maximum Gasteiger partial charge on any atom is 0.253 e. The van der Waals surface area contributed by atoms with Gasteiger partial charge in [0, 0.05) is 19.3 Å². The number of aromatic hydroxyl groups is 1. The minimum Gasteiger partial charge on any atom is -0.506 e. The molecule has 1 amide bonds. The fraction of sp³-hybridized carbons (Fsp3) is 0.333. The van der Waals surface area contributed by atoms with Crippen molar-refractivity contribution in [1.82, 2.24) is 15.6 Å². The van der Waals surface area contributed by atoms with Crippen LogP contribution in [0.2, 0.25) is 0 Å². The summed E-state index contributed by atoms with van der Waals surface area (Å²) >= 11 is 0. The molecule has 2 rings (SSSR count). The lowest BCUT2D eigenvalue weighted by Crippen LogP contribution is -2.56. The molecule has 5 nitrogen and oxygen atoms in total. The molecule has 1 aliphatic heterocycles. The number of pyridine rings is 1. The first kappa shape index (κ1) is 8.96. The molecule has 0 saturated carbocycles. The molecule has 1 aliphatic rings. The summed E-state index contributed by atoms with van der Waals surface area (Å²) in [7, 11) is 0. The molecular formula is C9H11N3O2. The Morgan fingerprint density at radius 1 is 1.57 bits per heavy atom. The van der Waals surface area contributed by atoms with Crippen molar-refractivity contribution < 1.29 is 9.90 Å². The van der Waals surface area contributed by atoms with Crippen LogP contribution >= 0.6 is 0 Å². The minimum absolute atomic E-state index is 0.00406. The van der Waals surface area contributed by atoms with Crippen molar-refractivity contribution in [2.24, 2.45) is 0 Å². The number of rotatable bonds is 2. The van der Waals surface area contributed by atoms with Crippen molar-refractivity contribution in [3.05, 3.63) is 24.0 Å². The van der Waals surface area contributed by atoms with Gasteiger partial charge in [0.05, 0.1) is 17.8 Å². The molecule has 0 bridgehead atoms. The van der Waals surface area contributed by atoms with Crippen LogP contribution in [0.5, 0.6) is 5.75 Å². The SMILES string of the molecule is O=C(NC1CNC1)c1cncc(O)c1. The predicted octanol–water partition coefficient (Wildman–Crippen LogP) is -0.511. The number of hydrogen-bond acceptors (Lipinski definition) is 4. The van der Waals surface area contributed by atoms with Gasteiger partial charge in [-0.05, 0) is 6.07 Å². The number of nitrogens with zero attached hydrogens (tertiary/aromatic N) is 1. The van der Waals surface area contributed by atoms with Crippen molar-refractivity contribution in [3.63, 3.8) is 0 Å². The van der Waals surface area contributed by atoms with Crippen LogP contribution in [0, 0.1) is 0 Å². The summed E-state index contributed by atoms with van der Waals surface area (Å²) in [5.74, 6) is -0.190.